The molecule has 2 saturated heterocycles. The van der Waals surface area contributed by atoms with E-state index in [0.717, 1.165) is 24.8 Å². The molecule has 1 aromatic heterocycles. The van der Waals surface area contributed by atoms with Gasteiger partial charge in [-0.05, 0) is 35.9 Å². The van der Waals surface area contributed by atoms with Gasteiger partial charge in [-0.25, -0.2) is 0 Å². The molecule has 2 N–H and O–H groups in total. The van der Waals surface area contributed by atoms with Crippen LogP contribution in [0.3, 0.4) is 0 Å². The molecule has 6 nitrogen and oxygen atoms in total. The fraction of sp³-hybridized carbons (Fsp3) is 0.455. The molecule has 0 radical (unpaired) electrons. The molecule has 2 amide bonds. The van der Waals surface area contributed by atoms with E-state index < -0.39 is 0 Å². The predicted molar refractivity (Wildman–Crippen MR) is 109 cm³/mol. The SMILES string of the molecule is O=C(NC1COC2C(NC(=O)C3CC3)COC12)c1ccccc1Cc1cccs1. The van der Waals surface area contributed by atoms with E-state index >= 15 is 0 Å². The summed E-state index contributed by atoms with van der Waals surface area (Å²) in [6.07, 6.45) is 2.24. The molecule has 1 aromatic carbocycles. The number of ether oxygens (including phenoxy) is 2. The number of fused-ring (bicyclic) bond motifs is 1. The summed E-state index contributed by atoms with van der Waals surface area (Å²) in [5.74, 6) is 0.143. The van der Waals surface area contributed by atoms with Crippen LogP contribution in [0, 0.1) is 5.92 Å². The van der Waals surface area contributed by atoms with Crippen LogP contribution in [0.2, 0.25) is 0 Å². The molecule has 2 aliphatic heterocycles. The van der Waals surface area contributed by atoms with Gasteiger partial charge < -0.3 is 20.1 Å². The van der Waals surface area contributed by atoms with E-state index in [-0.39, 0.29) is 42.0 Å². The van der Waals surface area contributed by atoms with Crippen molar-refractivity contribution in [1.29, 1.82) is 0 Å². The normalized spacial score (nSPS) is 28.1. The second-order valence-corrected chi connectivity index (χ2v) is 9.01. The van der Waals surface area contributed by atoms with Crippen LogP contribution in [0.25, 0.3) is 0 Å². The Hall–Kier alpha value is -2.22. The van der Waals surface area contributed by atoms with Gasteiger partial charge in [-0.15, -0.1) is 11.3 Å². The van der Waals surface area contributed by atoms with Crippen LogP contribution in [0.5, 0.6) is 0 Å². The van der Waals surface area contributed by atoms with E-state index in [1.165, 1.54) is 4.88 Å². The first-order valence-electron chi connectivity index (χ1n) is 10.1. The lowest BCUT2D eigenvalue weighted by Crippen LogP contribution is -2.47. The highest BCUT2D eigenvalue weighted by Crippen LogP contribution is 2.31. The molecular formula is C22H24N2O4S. The summed E-state index contributed by atoms with van der Waals surface area (Å²) in [7, 11) is 0. The molecule has 0 bridgehead atoms. The first kappa shape index (κ1) is 18.8. The molecule has 29 heavy (non-hydrogen) atoms. The van der Waals surface area contributed by atoms with Crippen molar-refractivity contribution in [3.05, 3.63) is 57.8 Å². The van der Waals surface area contributed by atoms with Gasteiger partial charge >= 0.3 is 0 Å². The van der Waals surface area contributed by atoms with Crippen LogP contribution in [0.15, 0.2) is 41.8 Å². The Morgan fingerprint density at radius 3 is 2.38 bits per heavy atom. The minimum atomic E-state index is -0.229. The van der Waals surface area contributed by atoms with Crippen molar-refractivity contribution in [2.75, 3.05) is 13.2 Å². The quantitative estimate of drug-likeness (QED) is 0.762. The second-order valence-electron chi connectivity index (χ2n) is 7.98. The third-order valence-corrected chi connectivity index (χ3v) is 6.73. The van der Waals surface area contributed by atoms with Crippen molar-refractivity contribution in [2.45, 2.75) is 43.6 Å². The maximum absolute atomic E-state index is 13.0. The molecule has 5 rings (SSSR count). The summed E-state index contributed by atoms with van der Waals surface area (Å²) in [4.78, 5) is 26.3. The Balaban J connectivity index is 1.23. The number of carbonyl (C=O) groups excluding carboxylic acids is 2. The van der Waals surface area contributed by atoms with Crippen LogP contribution in [0.1, 0.15) is 33.6 Å². The zero-order valence-electron chi connectivity index (χ0n) is 16.0. The number of nitrogens with one attached hydrogen (secondary N) is 2. The van der Waals surface area contributed by atoms with Crippen molar-refractivity contribution >= 4 is 23.2 Å². The van der Waals surface area contributed by atoms with E-state index in [4.69, 9.17) is 9.47 Å². The summed E-state index contributed by atoms with van der Waals surface area (Å²) in [5, 5.41) is 8.19. The topological polar surface area (TPSA) is 76.7 Å². The van der Waals surface area contributed by atoms with Crippen LogP contribution in [-0.4, -0.2) is 49.3 Å². The molecular weight excluding hydrogens is 388 g/mol. The highest BCUT2D eigenvalue weighted by atomic mass is 32.1. The zero-order valence-corrected chi connectivity index (χ0v) is 16.8. The molecule has 3 fully saturated rings. The third-order valence-electron chi connectivity index (χ3n) is 5.85. The zero-order chi connectivity index (χ0) is 19.8. The number of hydrogen-bond donors (Lipinski definition) is 2. The van der Waals surface area contributed by atoms with Crippen molar-refractivity contribution in [2.24, 2.45) is 5.92 Å². The Labute approximate surface area is 173 Å². The molecule has 3 heterocycles. The molecule has 4 unspecified atom stereocenters. The van der Waals surface area contributed by atoms with Gasteiger partial charge in [0, 0.05) is 22.8 Å². The van der Waals surface area contributed by atoms with Gasteiger partial charge in [-0.2, -0.15) is 0 Å². The minimum Gasteiger partial charge on any atom is -0.371 e. The van der Waals surface area contributed by atoms with E-state index in [1.54, 1.807) is 11.3 Å². The number of amides is 2. The number of hydrogen-bond acceptors (Lipinski definition) is 5. The smallest absolute Gasteiger partial charge is 0.251 e. The summed E-state index contributed by atoms with van der Waals surface area (Å²) in [5.41, 5.74) is 1.69. The summed E-state index contributed by atoms with van der Waals surface area (Å²) < 4.78 is 11.8. The van der Waals surface area contributed by atoms with Crippen LogP contribution >= 0.6 is 11.3 Å². The Morgan fingerprint density at radius 2 is 1.69 bits per heavy atom. The highest BCUT2D eigenvalue weighted by molar-refractivity contribution is 7.09. The van der Waals surface area contributed by atoms with Crippen molar-refractivity contribution in [3.63, 3.8) is 0 Å². The van der Waals surface area contributed by atoms with Gasteiger partial charge in [0.25, 0.3) is 5.91 Å². The lowest BCUT2D eigenvalue weighted by Gasteiger charge is -2.19. The monoisotopic (exact) mass is 412 g/mol. The summed E-state index contributed by atoms with van der Waals surface area (Å²) in [6.45, 7) is 0.819. The first-order chi connectivity index (χ1) is 14.2. The van der Waals surface area contributed by atoms with Crippen molar-refractivity contribution in [3.8, 4) is 0 Å². The standard InChI is InChI=1S/C22H24N2O4S/c25-21(13-7-8-13)23-17-11-27-20-18(12-28-19(17)20)24-22(26)16-6-2-1-4-14(16)10-15-5-3-9-29-15/h1-6,9,13,17-20H,7-8,10-12H2,(H,23,25)(H,24,26). The van der Waals surface area contributed by atoms with Crippen molar-refractivity contribution < 1.29 is 19.1 Å². The molecule has 7 heteroatoms. The molecule has 152 valence electrons. The largest absolute Gasteiger partial charge is 0.371 e. The Kier molecular flexibility index (Phi) is 5.11. The van der Waals surface area contributed by atoms with Gasteiger partial charge in [0.05, 0.1) is 25.3 Å². The minimum absolute atomic E-state index is 0.0952. The Bertz CT molecular complexity index is 896. The van der Waals surface area contributed by atoms with Gasteiger partial charge in [0.1, 0.15) is 12.2 Å². The molecule has 3 aliphatic rings. The van der Waals surface area contributed by atoms with E-state index in [2.05, 4.69) is 16.7 Å². The lowest BCUT2D eigenvalue weighted by atomic mass is 10.0. The van der Waals surface area contributed by atoms with Crippen molar-refractivity contribution in [1.82, 2.24) is 10.6 Å². The highest BCUT2D eigenvalue weighted by Gasteiger charge is 2.49. The fourth-order valence-electron chi connectivity index (χ4n) is 4.14. The molecule has 0 spiro atoms. The van der Waals surface area contributed by atoms with E-state index in [9.17, 15) is 9.59 Å². The maximum atomic E-state index is 13.0. The maximum Gasteiger partial charge on any atom is 0.251 e. The average molecular weight is 413 g/mol. The third kappa shape index (κ3) is 3.95. The summed E-state index contributed by atoms with van der Waals surface area (Å²) in [6, 6.07) is 11.5. The van der Waals surface area contributed by atoms with E-state index in [1.807, 2.05) is 35.7 Å². The predicted octanol–water partition coefficient (Wildman–Crippen LogP) is 2.13. The first-order valence-corrected chi connectivity index (χ1v) is 11.0. The van der Waals surface area contributed by atoms with Gasteiger partial charge in [-0.3, -0.25) is 9.59 Å². The van der Waals surface area contributed by atoms with Crippen LogP contribution in [0.4, 0.5) is 0 Å². The number of thiophene rings is 1. The van der Waals surface area contributed by atoms with E-state index in [0.29, 0.717) is 18.8 Å². The second kappa shape index (κ2) is 7.89. The average Bonchev–Trinajstić information content (AvgIpc) is 3.12. The van der Waals surface area contributed by atoms with Gasteiger partial charge in [0.15, 0.2) is 0 Å². The molecule has 1 saturated carbocycles. The van der Waals surface area contributed by atoms with Crippen LogP contribution < -0.4 is 10.6 Å². The number of benzene rings is 1. The van der Waals surface area contributed by atoms with Crippen LogP contribution in [-0.2, 0) is 20.7 Å². The number of rotatable bonds is 6. The molecule has 1 aliphatic carbocycles. The summed E-state index contributed by atoms with van der Waals surface area (Å²) >= 11 is 1.69. The van der Waals surface area contributed by atoms with Gasteiger partial charge in [0.2, 0.25) is 5.91 Å². The molecule has 4 atom stereocenters. The molecule has 2 aromatic rings. The number of carbonyl (C=O) groups is 2. The fourth-order valence-corrected chi connectivity index (χ4v) is 4.86. The lowest BCUT2D eigenvalue weighted by molar-refractivity contribution is -0.123. The van der Waals surface area contributed by atoms with Gasteiger partial charge in [-0.1, -0.05) is 24.3 Å². The Morgan fingerprint density at radius 1 is 0.966 bits per heavy atom.